The number of carbonyl (C=O) groups excluding carboxylic acids is 1. The van der Waals surface area contributed by atoms with Gasteiger partial charge in [-0.2, -0.15) is 0 Å². The van der Waals surface area contributed by atoms with E-state index >= 15 is 0 Å². The average Bonchev–Trinajstić information content (AvgIpc) is 2.95. The number of likely N-dealkylation sites (tertiary alicyclic amines) is 1. The van der Waals surface area contributed by atoms with Gasteiger partial charge >= 0.3 is 12.0 Å². The molecule has 0 radical (unpaired) electrons. The van der Waals surface area contributed by atoms with E-state index in [0.717, 1.165) is 0 Å². The summed E-state index contributed by atoms with van der Waals surface area (Å²) in [5, 5.41) is 11.6. The Morgan fingerprint density at radius 3 is 2.95 bits per heavy atom. The number of carboxylic acids is 1. The van der Waals surface area contributed by atoms with Crippen molar-refractivity contribution in [1.29, 1.82) is 0 Å². The standard InChI is InChI=1S/C15H19FN2O4/c1-10(22-13-4-2-3-12(16)7-13)8-17-15(21)18-6-5-11(9-18)14(19)20/h2-4,7,10-11H,5-6,8-9H2,1H3,(H,17,21)(H,19,20). The third-order valence-electron chi connectivity index (χ3n) is 3.50. The van der Waals surface area contributed by atoms with Crippen LogP contribution in [0, 0.1) is 11.7 Å². The molecule has 1 fully saturated rings. The van der Waals surface area contributed by atoms with E-state index in [1.807, 2.05) is 0 Å². The summed E-state index contributed by atoms with van der Waals surface area (Å²) in [6, 6.07) is 5.48. The minimum absolute atomic E-state index is 0.223. The largest absolute Gasteiger partial charge is 0.489 e. The SMILES string of the molecule is CC(CNC(=O)N1CCC(C(=O)O)C1)Oc1cccc(F)c1. The smallest absolute Gasteiger partial charge is 0.317 e. The van der Waals surface area contributed by atoms with Crippen LogP contribution in [-0.2, 0) is 4.79 Å². The molecule has 1 saturated heterocycles. The zero-order chi connectivity index (χ0) is 16.1. The highest BCUT2D eigenvalue weighted by Gasteiger charge is 2.30. The number of benzene rings is 1. The Kier molecular flexibility index (Phi) is 5.19. The van der Waals surface area contributed by atoms with Gasteiger partial charge in [0.1, 0.15) is 17.7 Å². The second kappa shape index (κ2) is 7.11. The lowest BCUT2D eigenvalue weighted by Gasteiger charge is -2.20. The Balaban J connectivity index is 1.75. The van der Waals surface area contributed by atoms with Crippen LogP contribution in [0.2, 0.25) is 0 Å². The molecule has 22 heavy (non-hydrogen) atoms. The number of halogens is 1. The zero-order valence-electron chi connectivity index (χ0n) is 12.3. The molecule has 0 saturated carbocycles. The van der Waals surface area contributed by atoms with Crippen molar-refractivity contribution >= 4 is 12.0 Å². The number of carboxylic acid groups (broad SMARTS) is 1. The van der Waals surface area contributed by atoms with Crippen molar-refractivity contribution in [2.75, 3.05) is 19.6 Å². The quantitative estimate of drug-likeness (QED) is 0.868. The molecule has 2 unspecified atom stereocenters. The van der Waals surface area contributed by atoms with Gasteiger partial charge in [-0.15, -0.1) is 0 Å². The highest BCUT2D eigenvalue weighted by molar-refractivity contribution is 5.77. The number of aliphatic carboxylic acids is 1. The van der Waals surface area contributed by atoms with Crippen molar-refractivity contribution in [2.45, 2.75) is 19.4 Å². The normalized spacial score (nSPS) is 18.8. The van der Waals surface area contributed by atoms with Gasteiger partial charge < -0.3 is 20.1 Å². The Morgan fingerprint density at radius 1 is 1.55 bits per heavy atom. The van der Waals surface area contributed by atoms with Crippen molar-refractivity contribution < 1.29 is 23.8 Å². The van der Waals surface area contributed by atoms with Crippen molar-refractivity contribution in [3.63, 3.8) is 0 Å². The maximum Gasteiger partial charge on any atom is 0.317 e. The molecular formula is C15H19FN2O4. The fourth-order valence-electron chi connectivity index (χ4n) is 2.30. The second-order valence-corrected chi connectivity index (χ2v) is 5.34. The van der Waals surface area contributed by atoms with Crippen LogP contribution in [0.3, 0.4) is 0 Å². The summed E-state index contributed by atoms with van der Waals surface area (Å²) in [5.41, 5.74) is 0. The number of nitrogens with one attached hydrogen (secondary N) is 1. The van der Waals surface area contributed by atoms with E-state index < -0.39 is 11.9 Å². The van der Waals surface area contributed by atoms with Crippen molar-refractivity contribution in [3.8, 4) is 5.75 Å². The minimum atomic E-state index is -0.877. The van der Waals surface area contributed by atoms with Crippen molar-refractivity contribution in [2.24, 2.45) is 5.92 Å². The van der Waals surface area contributed by atoms with Gasteiger partial charge in [0.25, 0.3) is 0 Å². The third-order valence-corrected chi connectivity index (χ3v) is 3.50. The molecule has 1 aromatic rings. The van der Waals surface area contributed by atoms with Crippen LogP contribution in [0.25, 0.3) is 0 Å². The van der Waals surface area contributed by atoms with E-state index in [0.29, 0.717) is 18.7 Å². The predicted octanol–water partition coefficient (Wildman–Crippen LogP) is 1.71. The van der Waals surface area contributed by atoms with E-state index in [9.17, 15) is 14.0 Å². The molecule has 0 aromatic heterocycles. The first-order valence-electron chi connectivity index (χ1n) is 7.13. The van der Waals surface area contributed by atoms with E-state index in [1.54, 1.807) is 19.1 Å². The molecule has 1 aromatic carbocycles. The molecule has 0 bridgehead atoms. The van der Waals surface area contributed by atoms with Crippen LogP contribution >= 0.6 is 0 Å². The molecule has 2 atom stereocenters. The number of hydrogen-bond donors (Lipinski definition) is 2. The lowest BCUT2D eigenvalue weighted by Crippen LogP contribution is -2.42. The van der Waals surface area contributed by atoms with Gasteiger partial charge in [0.15, 0.2) is 0 Å². The van der Waals surface area contributed by atoms with Crippen LogP contribution in [0.1, 0.15) is 13.3 Å². The third kappa shape index (κ3) is 4.34. The van der Waals surface area contributed by atoms with E-state index in [2.05, 4.69) is 5.32 Å². The molecular weight excluding hydrogens is 291 g/mol. The van der Waals surface area contributed by atoms with E-state index in [1.165, 1.54) is 17.0 Å². The highest BCUT2D eigenvalue weighted by Crippen LogP contribution is 2.16. The maximum atomic E-state index is 13.0. The fraction of sp³-hybridized carbons (Fsp3) is 0.467. The average molecular weight is 310 g/mol. The van der Waals surface area contributed by atoms with E-state index in [-0.39, 0.29) is 31.0 Å². The van der Waals surface area contributed by atoms with Crippen molar-refractivity contribution in [3.05, 3.63) is 30.1 Å². The van der Waals surface area contributed by atoms with Crippen LogP contribution in [0.15, 0.2) is 24.3 Å². The van der Waals surface area contributed by atoms with Gasteiger partial charge in [0.05, 0.1) is 12.5 Å². The molecule has 1 aliphatic heterocycles. The lowest BCUT2D eigenvalue weighted by atomic mass is 10.1. The number of carbonyl (C=O) groups is 2. The van der Waals surface area contributed by atoms with Crippen LogP contribution in [0.5, 0.6) is 5.75 Å². The molecule has 2 rings (SSSR count). The zero-order valence-corrected chi connectivity index (χ0v) is 12.3. The molecule has 1 aliphatic rings. The monoisotopic (exact) mass is 310 g/mol. The molecule has 120 valence electrons. The van der Waals surface area contributed by atoms with Crippen LogP contribution in [0.4, 0.5) is 9.18 Å². The highest BCUT2D eigenvalue weighted by atomic mass is 19.1. The minimum Gasteiger partial charge on any atom is -0.489 e. The van der Waals surface area contributed by atoms with Gasteiger partial charge in [-0.3, -0.25) is 4.79 Å². The number of amides is 2. The topological polar surface area (TPSA) is 78.9 Å². The Hall–Kier alpha value is -2.31. The summed E-state index contributed by atoms with van der Waals surface area (Å²) in [6.45, 7) is 2.67. The number of nitrogens with zero attached hydrogens (tertiary/aromatic N) is 1. The van der Waals surface area contributed by atoms with Gasteiger partial charge in [0, 0.05) is 19.2 Å². The fourth-order valence-corrected chi connectivity index (χ4v) is 2.30. The molecule has 2 amide bonds. The molecule has 0 spiro atoms. The van der Waals surface area contributed by atoms with Crippen LogP contribution < -0.4 is 10.1 Å². The number of rotatable bonds is 5. The van der Waals surface area contributed by atoms with Crippen LogP contribution in [-0.4, -0.2) is 47.7 Å². The van der Waals surface area contributed by atoms with Gasteiger partial charge in [-0.05, 0) is 25.5 Å². The molecule has 2 N–H and O–H groups in total. The summed E-state index contributed by atoms with van der Waals surface area (Å²) in [7, 11) is 0. The summed E-state index contributed by atoms with van der Waals surface area (Å²) in [6.07, 6.45) is 0.140. The molecule has 0 aliphatic carbocycles. The number of hydrogen-bond acceptors (Lipinski definition) is 3. The summed E-state index contributed by atoms with van der Waals surface area (Å²) in [4.78, 5) is 24.3. The first-order valence-corrected chi connectivity index (χ1v) is 7.13. The first kappa shape index (κ1) is 16.1. The molecule has 6 nitrogen and oxygen atoms in total. The van der Waals surface area contributed by atoms with Crippen molar-refractivity contribution in [1.82, 2.24) is 10.2 Å². The Labute approximate surface area is 127 Å². The van der Waals surface area contributed by atoms with Gasteiger partial charge in [-0.25, -0.2) is 9.18 Å². The van der Waals surface area contributed by atoms with Gasteiger partial charge in [-0.1, -0.05) is 6.07 Å². The van der Waals surface area contributed by atoms with E-state index in [4.69, 9.17) is 9.84 Å². The Bertz CT molecular complexity index is 552. The predicted molar refractivity (Wildman–Crippen MR) is 77.2 cm³/mol. The van der Waals surface area contributed by atoms with Gasteiger partial charge in [0.2, 0.25) is 0 Å². The number of urea groups is 1. The number of ether oxygens (including phenoxy) is 1. The summed E-state index contributed by atoms with van der Waals surface area (Å²) >= 11 is 0. The molecule has 7 heteroatoms. The second-order valence-electron chi connectivity index (χ2n) is 5.34. The maximum absolute atomic E-state index is 13.0. The Morgan fingerprint density at radius 2 is 2.32 bits per heavy atom. The molecule has 1 heterocycles. The first-order chi connectivity index (χ1) is 10.5. The lowest BCUT2D eigenvalue weighted by molar-refractivity contribution is -0.141. The summed E-state index contributed by atoms with van der Waals surface area (Å²) < 4.78 is 18.5. The summed E-state index contributed by atoms with van der Waals surface area (Å²) in [5.74, 6) is -1.36.